The van der Waals surface area contributed by atoms with Crippen LogP contribution in [0.1, 0.15) is 36.8 Å². The summed E-state index contributed by atoms with van der Waals surface area (Å²) in [4.78, 5) is 17.4. The summed E-state index contributed by atoms with van der Waals surface area (Å²) in [5.41, 5.74) is 6.13. The molecule has 176 valence electrons. The monoisotopic (exact) mass is 454 g/mol. The fraction of sp³-hybridized carbons (Fsp3) is 0.379. The van der Waals surface area contributed by atoms with Crippen LogP contribution in [0.3, 0.4) is 0 Å². The molecule has 4 atom stereocenters. The maximum absolute atomic E-state index is 13.2. The van der Waals surface area contributed by atoms with Gasteiger partial charge in [-0.25, -0.2) is 0 Å². The Balaban J connectivity index is 1.27. The number of Topliss-reactive ketones (excluding diaryl/α,β-unsaturated/α-hetero) is 1. The molecule has 1 fully saturated rings. The lowest BCUT2D eigenvalue weighted by molar-refractivity contribution is -0.114. The van der Waals surface area contributed by atoms with E-state index in [1.54, 1.807) is 0 Å². The van der Waals surface area contributed by atoms with E-state index in [4.69, 9.17) is 0 Å². The van der Waals surface area contributed by atoms with Crippen molar-refractivity contribution in [3.63, 3.8) is 0 Å². The lowest BCUT2D eigenvalue weighted by Crippen LogP contribution is -2.47. The van der Waals surface area contributed by atoms with Gasteiger partial charge in [0.2, 0.25) is 0 Å². The highest BCUT2D eigenvalue weighted by Gasteiger charge is 2.32. The highest BCUT2D eigenvalue weighted by atomic mass is 16.1. The number of pyridine rings is 1. The van der Waals surface area contributed by atoms with Gasteiger partial charge < -0.3 is 16.0 Å². The zero-order valence-corrected chi connectivity index (χ0v) is 19.8. The second kappa shape index (κ2) is 10.6. The van der Waals surface area contributed by atoms with Crippen molar-refractivity contribution in [2.24, 2.45) is 5.92 Å². The van der Waals surface area contributed by atoms with Gasteiger partial charge in [0.05, 0.1) is 6.54 Å². The van der Waals surface area contributed by atoms with Crippen LogP contribution in [0.4, 0.5) is 0 Å². The fourth-order valence-electron chi connectivity index (χ4n) is 5.55. The van der Waals surface area contributed by atoms with Gasteiger partial charge in [0, 0.05) is 55.6 Å². The molecule has 5 nitrogen and oxygen atoms in total. The summed E-state index contributed by atoms with van der Waals surface area (Å²) < 4.78 is 0. The van der Waals surface area contributed by atoms with E-state index < -0.39 is 0 Å². The molecule has 3 aliphatic rings. The van der Waals surface area contributed by atoms with Crippen molar-refractivity contribution in [3.05, 3.63) is 95.4 Å². The molecule has 2 aromatic rings. The van der Waals surface area contributed by atoms with E-state index in [-0.39, 0.29) is 17.7 Å². The second-order valence-electron chi connectivity index (χ2n) is 9.52. The van der Waals surface area contributed by atoms with Crippen LogP contribution in [0.15, 0.2) is 84.2 Å². The predicted molar refractivity (Wildman–Crippen MR) is 137 cm³/mol. The quantitative estimate of drug-likeness (QED) is 0.596. The number of nitrogens with zero attached hydrogens (tertiary/aromatic N) is 1. The minimum atomic E-state index is 0.161. The van der Waals surface area contributed by atoms with E-state index in [1.807, 2.05) is 18.5 Å². The van der Waals surface area contributed by atoms with Crippen LogP contribution in [0.5, 0.6) is 0 Å². The third-order valence-electron chi connectivity index (χ3n) is 7.41. The normalized spacial score (nSPS) is 26.7. The summed E-state index contributed by atoms with van der Waals surface area (Å²) in [6.07, 6.45) is 12.1. The molecule has 5 heteroatoms. The Morgan fingerprint density at radius 1 is 1.12 bits per heavy atom. The number of piperidine rings is 1. The van der Waals surface area contributed by atoms with Crippen molar-refractivity contribution in [1.82, 2.24) is 20.9 Å². The van der Waals surface area contributed by atoms with E-state index in [0.29, 0.717) is 18.5 Å². The Kier molecular flexibility index (Phi) is 7.14. The molecule has 34 heavy (non-hydrogen) atoms. The summed E-state index contributed by atoms with van der Waals surface area (Å²) >= 11 is 0. The van der Waals surface area contributed by atoms with Crippen LogP contribution in [0.2, 0.25) is 0 Å². The standard InChI is InChI=1S/C29H34N4O/c1-2-20-17-33-27-9-8-23(15-26(27)29(20)22-10-12-30-13-11-22)28(34)19-32-25-14-24(16-31-18-25)21-6-4-3-5-7-21/h3-13,15,24-27,31-33H,2,14,16-19H2,1H3. The minimum Gasteiger partial charge on any atom is -0.315 e. The van der Waals surface area contributed by atoms with Gasteiger partial charge in [0.1, 0.15) is 0 Å². The van der Waals surface area contributed by atoms with Crippen molar-refractivity contribution in [3.8, 4) is 0 Å². The Labute approximate surface area is 202 Å². The van der Waals surface area contributed by atoms with E-state index in [9.17, 15) is 4.79 Å². The summed E-state index contributed by atoms with van der Waals surface area (Å²) in [5.74, 6) is 0.800. The van der Waals surface area contributed by atoms with Crippen molar-refractivity contribution < 1.29 is 4.79 Å². The number of benzene rings is 1. The number of aromatic nitrogens is 1. The van der Waals surface area contributed by atoms with Gasteiger partial charge in [-0.2, -0.15) is 0 Å². The zero-order chi connectivity index (χ0) is 23.3. The number of hydrogen-bond donors (Lipinski definition) is 3. The third-order valence-corrected chi connectivity index (χ3v) is 7.41. The topological polar surface area (TPSA) is 66.0 Å². The second-order valence-corrected chi connectivity index (χ2v) is 9.52. The largest absolute Gasteiger partial charge is 0.315 e. The van der Waals surface area contributed by atoms with E-state index in [1.165, 1.54) is 22.3 Å². The lowest BCUT2D eigenvalue weighted by Gasteiger charge is -2.36. The van der Waals surface area contributed by atoms with Gasteiger partial charge in [-0.1, -0.05) is 61.1 Å². The van der Waals surface area contributed by atoms with Gasteiger partial charge in [-0.3, -0.25) is 9.78 Å². The highest BCUT2D eigenvalue weighted by molar-refractivity contribution is 6.00. The number of carbonyl (C=O) groups is 1. The Morgan fingerprint density at radius 2 is 1.94 bits per heavy atom. The SMILES string of the molecule is CCC1=C(c2ccncc2)C2C=C(C(=O)CNC3CNCC(c4ccccc4)C3)C=CC2NC1. The number of hydrogen-bond acceptors (Lipinski definition) is 5. The molecule has 0 radical (unpaired) electrons. The molecule has 3 heterocycles. The summed E-state index contributed by atoms with van der Waals surface area (Å²) in [6, 6.07) is 15.3. The van der Waals surface area contributed by atoms with Gasteiger partial charge in [-0.15, -0.1) is 0 Å². The first-order valence-electron chi connectivity index (χ1n) is 12.5. The van der Waals surface area contributed by atoms with Crippen LogP contribution < -0.4 is 16.0 Å². The van der Waals surface area contributed by atoms with Crippen molar-refractivity contribution in [2.75, 3.05) is 26.2 Å². The minimum absolute atomic E-state index is 0.161. The summed E-state index contributed by atoms with van der Waals surface area (Å²) in [7, 11) is 0. The van der Waals surface area contributed by atoms with Crippen LogP contribution >= 0.6 is 0 Å². The smallest absolute Gasteiger partial charge is 0.176 e. The molecular formula is C29H34N4O. The van der Waals surface area contributed by atoms with Gasteiger partial charge >= 0.3 is 0 Å². The zero-order valence-electron chi connectivity index (χ0n) is 19.8. The summed E-state index contributed by atoms with van der Waals surface area (Å²) in [5, 5.41) is 10.7. The van der Waals surface area contributed by atoms with Gasteiger partial charge in [0.25, 0.3) is 0 Å². The van der Waals surface area contributed by atoms with E-state index in [2.05, 4.69) is 82.5 Å². The first-order chi connectivity index (χ1) is 16.7. The number of ketones is 1. The van der Waals surface area contributed by atoms with Crippen molar-refractivity contribution in [2.45, 2.75) is 37.8 Å². The molecule has 1 aromatic heterocycles. The molecule has 0 saturated carbocycles. The van der Waals surface area contributed by atoms with Crippen LogP contribution in [-0.4, -0.2) is 49.0 Å². The highest BCUT2D eigenvalue weighted by Crippen LogP contribution is 2.37. The maximum Gasteiger partial charge on any atom is 0.176 e. The average Bonchev–Trinajstić information content (AvgIpc) is 2.91. The van der Waals surface area contributed by atoms with Crippen LogP contribution in [0.25, 0.3) is 5.57 Å². The average molecular weight is 455 g/mol. The molecule has 1 saturated heterocycles. The fourth-order valence-corrected chi connectivity index (χ4v) is 5.55. The molecule has 1 aromatic carbocycles. The number of rotatable bonds is 7. The molecule has 2 aliphatic heterocycles. The van der Waals surface area contributed by atoms with Crippen LogP contribution in [-0.2, 0) is 4.79 Å². The Hall–Kier alpha value is -2.86. The molecule has 0 bridgehead atoms. The Morgan fingerprint density at radius 3 is 2.74 bits per heavy atom. The predicted octanol–water partition coefficient (Wildman–Crippen LogP) is 3.63. The van der Waals surface area contributed by atoms with Crippen molar-refractivity contribution >= 4 is 11.4 Å². The molecule has 4 unspecified atom stereocenters. The lowest BCUT2D eigenvalue weighted by atomic mass is 9.76. The molecule has 5 rings (SSSR count). The summed E-state index contributed by atoms with van der Waals surface area (Å²) in [6.45, 7) is 5.34. The molecule has 1 aliphatic carbocycles. The third kappa shape index (κ3) is 4.97. The van der Waals surface area contributed by atoms with E-state index >= 15 is 0 Å². The Bertz CT molecular complexity index is 1090. The van der Waals surface area contributed by atoms with Gasteiger partial charge in [0.15, 0.2) is 5.78 Å². The van der Waals surface area contributed by atoms with Gasteiger partial charge in [-0.05, 0) is 47.6 Å². The molecular weight excluding hydrogens is 420 g/mol. The number of allylic oxidation sites excluding steroid dienone is 1. The maximum atomic E-state index is 13.2. The molecule has 3 N–H and O–H groups in total. The van der Waals surface area contributed by atoms with Crippen LogP contribution in [0, 0.1) is 5.92 Å². The van der Waals surface area contributed by atoms with E-state index in [0.717, 1.165) is 38.0 Å². The number of carbonyl (C=O) groups excluding carboxylic acids is 1. The number of fused-ring (bicyclic) bond motifs is 1. The molecule has 0 amide bonds. The first kappa shape index (κ1) is 22.9. The first-order valence-corrected chi connectivity index (χ1v) is 12.5. The molecule has 0 spiro atoms. The van der Waals surface area contributed by atoms with Crippen molar-refractivity contribution in [1.29, 1.82) is 0 Å². The number of nitrogens with one attached hydrogen (secondary N) is 3.